The van der Waals surface area contributed by atoms with Gasteiger partial charge in [-0.1, -0.05) is 0 Å². The molecule has 2 aromatic rings. The minimum Gasteiger partial charge on any atom is -0.321 e. The summed E-state index contributed by atoms with van der Waals surface area (Å²) in [5.41, 5.74) is 1.27. The monoisotopic (exact) mass is 248 g/mol. The smallest absolute Gasteiger partial charge is 0.255 e. The van der Waals surface area contributed by atoms with Crippen molar-refractivity contribution in [3.05, 3.63) is 59.4 Å². The molecule has 0 fully saturated rings. The van der Waals surface area contributed by atoms with Crippen LogP contribution < -0.4 is 5.32 Å². The van der Waals surface area contributed by atoms with Crippen molar-refractivity contribution < 1.29 is 13.6 Å². The molecule has 18 heavy (non-hydrogen) atoms. The lowest BCUT2D eigenvalue weighted by atomic mass is 10.1. The molecule has 3 nitrogen and oxygen atoms in total. The van der Waals surface area contributed by atoms with Crippen molar-refractivity contribution in [2.24, 2.45) is 0 Å². The normalized spacial score (nSPS) is 10.2. The lowest BCUT2D eigenvalue weighted by Crippen LogP contribution is -2.13. The predicted octanol–water partition coefficient (Wildman–Crippen LogP) is 2.92. The Kier molecular flexibility index (Phi) is 3.32. The van der Waals surface area contributed by atoms with Gasteiger partial charge in [-0.3, -0.25) is 4.79 Å². The second-order valence-electron chi connectivity index (χ2n) is 3.78. The van der Waals surface area contributed by atoms with Gasteiger partial charge in [-0.2, -0.15) is 4.39 Å². The van der Waals surface area contributed by atoms with Crippen LogP contribution in [0.25, 0.3) is 0 Å². The second-order valence-corrected chi connectivity index (χ2v) is 3.78. The summed E-state index contributed by atoms with van der Waals surface area (Å²) < 4.78 is 25.5. The van der Waals surface area contributed by atoms with E-state index in [1.54, 1.807) is 6.92 Å². The van der Waals surface area contributed by atoms with Crippen molar-refractivity contribution in [1.29, 1.82) is 0 Å². The van der Waals surface area contributed by atoms with Crippen molar-refractivity contribution in [3.8, 4) is 0 Å². The first kappa shape index (κ1) is 12.2. The number of carbonyl (C=O) groups is 1. The number of hydrogen-bond acceptors (Lipinski definition) is 2. The van der Waals surface area contributed by atoms with Gasteiger partial charge in [0, 0.05) is 5.56 Å². The largest absolute Gasteiger partial charge is 0.321 e. The zero-order chi connectivity index (χ0) is 13.1. The molecule has 0 spiro atoms. The molecule has 1 heterocycles. The van der Waals surface area contributed by atoms with Gasteiger partial charge in [0.15, 0.2) is 0 Å². The van der Waals surface area contributed by atoms with Crippen molar-refractivity contribution >= 4 is 11.6 Å². The minimum absolute atomic E-state index is 0.362. The molecule has 0 saturated carbocycles. The van der Waals surface area contributed by atoms with Crippen LogP contribution in [-0.2, 0) is 0 Å². The van der Waals surface area contributed by atoms with Gasteiger partial charge < -0.3 is 5.32 Å². The number of hydrogen-bond donors (Lipinski definition) is 1. The Bertz CT molecular complexity index is 582. The molecule has 0 aliphatic carbocycles. The average Bonchev–Trinajstić information content (AvgIpc) is 2.32. The van der Waals surface area contributed by atoms with Gasteiger partial charge in [0.1, 0.15) is 5.82 Å². The summed E-state index contributed by atoms with van der Waals surface area (Å²) >= 11 is 0. The zero-order valence-corrected chi connectivity index (χ0v) is 9.58. The van der Waals surface area contributed by atoms with Crippen molar-refractivity contribution in [2.75, 3.05) is 5.32 Å². The Morgan fingerprint density at radius 2 is 2.00 bits per heavy atom. The number of benzene rings is 1. The molecule has 1 aromatic heterocycles. The van der Waals surface area contributed by atoms with Crippen LogP contribution in [0.2, 0.25) is 0 Å². The van der Waals surface area contributed by atoms with E-state index >= 15 is 0 Å². The van der Waals surface area contributed by atoms with Crippen LogP contribution >= 0.6 is 0 Å². The number of nitrogens with zero attached hydrogens (tertiary/aromatic N) is 1. The third-order valence-electron chi connectivity index (χ3n) is 2.42. The Labute approximate surface area is 102 Å². The van der Waals surface area contributed by atoms with Crippen LogP contribution in [0.3, 0.4) is 0 Å². The molecule has 0 radical (unpaired) electrons. The van der Waals surface area contributed by atoms with Crippen LogP contribution in [0.5, 0.6) is 0 Å². The van der Waals surface area contributed by atoms with E-state index in [4.69, 9.17) is 0 Å². The van der Waals surface area contributed by atoms with Crippen molar-refractivity contribution in [3.63, 3.8) is 0 Å². The van der Waals surface area contributed by atoms with Gasteiger partial charge in [-0.15, -0.1) is 0 Å². The van der Waals surface area contributed by atoms with E-state index in [1.807, 2.05) is 0 Å². The number of rotatable bonds is 2. The standard InChI is InChI=1S/C13H10F2N2O/c1-8-6-9(14)2-4-11(8)13(18)17-10-3-5-12(15)16-7-10/h2-7H,1H3,(H,17,18). The molecule has 0 atom stereocenters. The maximum atomic E-state index is 12.9. The lowest BCUT2D eigenvalue weighted by molar-refractivity contribution is 0.102. The van der Waals surface area contributed by atoms with Crippen LogP contribution in [0, 0.1) is 18.7 Å². The first-order valence-electron chi connectivity index (χ1n) is 5.25. The fraction of sp³-hybridized carbons (Fsp3) is 0.0769. The molecule has 5 heteroatoms. The van der Waals surface area contributed by atoms with Gasteiger partial charge in [0.25, 0.3) is 5.91 Å². The van der Waals surface area contributed by atoms with Crippen molar-refractivity contribution in [2.45, 2.75) is 6.92 Å². The first-order valence-corrected chi connectivity index (χ1v) is 5.25. The van der Waals surface area contributed by atoms with Crippen LogP contribution in [0.1, 0.15) is 15.9 Å². The highest BCUT2D eigenvalue weighted by molar-refractivity contribution is 6.05. The molecule has 0 aliphatic rings. The van der Waals surface area contributed by atoms with Crippen LogP contribution in [0.15, 0.2) is 36.5 Å². The number of carbonyl (C=O) groups excluding carboxylic acids is 1. The Morgan fingerprint density at radius 3 is 2.61 bits per heavy atom. The topological polar surface area (TPSA) is 42.0 Å². The van der Waals surface area contributed by atoms with E-state index in [-0.39, 0.29) is 5.91 Å². The highest BCUT2D eigenvalue weighted by atomic mass is 19.1. The number of pyridine rings is 1. The maximum absolute atomic E-state index is 12.9. The quantitative estimate of drug-likeness (QED) is 0.830. The van der Waals surface area contributed by atoms with E-state index in [2.05, 4.69) is 10.3 Å². The van der Waals surface area contributed by atoms with Crippen molar-refractivity contribution in [1.82, 2.24) is 4.98 Å². The average molecular weight is 248 g/mol. The van der Waals surface area contributed by atoms with Gasteiger partial charge in [-0.25, -0.2) is 9.37 Å². The SMILES string of the molecule is Cc1cc(F)ccc1C(=O)Nc1ccc(F)nc1. The summed E-state index contributed by atoms with van der Waals surface area (Å²) in [6.45, 7) is 1.64. The zero-order valence-electron chi connectivity index (χ0n) is 9.58. The maximum Gasteiger partial charge on any atom is 0.255 e. The molecule has 0 aliphatic heterocycles. The van der Waals surface area contributed by atoms with E-state index < -0.39 is 11.8 Å². The number of aromatic nitrogens is 1. The summed E-state index contributed by atoms with van der Waals surface area (Å²) in [7, 11) is 0. The fourth-order valence-electron chi connectivity index (χ4n) is 1.53. The van der Waals surface area contributed by atoms with Crippen LogP contribution in [0.4, 0.5) is 14.5 Å². The predicted molar refractivity (Wildman–Crippen MR) is 63.3 cm³/mol. The summed E-state index contributed by atoms with van der Waals surface area (Å²) in [6.07, 6.45) is 1.21. The Hall–Kier alpha value is -2.30. The highest BCUT2D eigenvalue weighted by Crippen LogP contribution is 2.13. The van der Waals surface area contributed by atoms with Gasteiger partial charge >= 0.3 is 0 Å². The number of halogens is 2. The molecular formula is C13H10F2N2O. The van der Waals surface area contributed by atoms with E-state index in [0.29, 0.717) is 16.8 Å². The summed E-state index contributed by atoms with van der Waals surface area (Å²) in [6, 6.07) is 6.44. The molecule has 0 bridgehead atoms. The third-order valence-corrected chi connectivity index (χ3v) is 2.42. The first-order chi connectivity index (χ1) is 8.56. The second kappa shape index (κ2) is 4.91. The van der Waals surface area contributed by atoms with Gasteiger partial charge in [-0.05, 0) is 42.8 Å². The van der Waals surface area contributed by atoms with Crippen LogP contribution in [-0.4, -0.2) is 10.9 Å². The highest BCUT2D eigenvalue weighted by Gasteiger charge is 2.10. The van der Waals surface area contributed by atoms with Gasteiger partial charge in [0.05, 0.1) is 11.9 Å². The molecule has 0 unspecified atom stereocenters. The molecular weight excluding hydrogens is 238 g/mol. The number of aryl methyl sites for hydroxylation is 1. The van der Waals surface area contributed by atoms with E-state index in [0.717, 1.165) is 6.07 Å². The molecule has 2 rings (SSSR count). The number of anilines is 1. The number of nitrogens with one attached hydrogen (secondary N) is 1. The molecule has 92 valence electrons. The lowest BCUT2D eigenvalue weighted by Gasteiger charge is -2.07. The number of amides is 1. The third kappa shape index (κ3) is 2.68. The van der Waals surface area contributed by atoms with E-state index in [1.165, 1.54) is 30.5 Å². The molecule has 1 amide bonds. The minimum atomic E-state index is -0.619. The summed E-state index contributed by atoms with van der Waals surface area (Å²) in [5, 5.41) is 2.56. The molecule has 1 aromatic carbocycles. The van der Waals surface area contributed by atoms with Gasteiger partial charge in [0.2, 0.25) is 5.95 Å². The fourth-order valence-corrected chi connectivity index (χ4v) is 1.53. The summed E-state index contributed by atoms with van der Waals surface area (Å²) in [4.78, 5) is 15.3. The van der Waals surface area contributed by atoms with E-state index in [9.17, 15) is 13.6 Å². The molecule has 1 N–H and O–H groups in total. The Morgan fingerprint density at radius 1 is 1.22 bits per heavy atom. The summed E-state index contributed by atoms with van der Waals surface area (Å²) in [5.74, 6) is -1.40. The Balaban J connectivity index is 2.19. The molecule has 0 saturated heterocycles.